The third-order valence-electron chi connectivity index (χ3n) is 3.95. The van der Waals surface area contributed by atoms with Crippen LogP contribution in [0.2, 0.25) is 0 Å². The second-order valence-corrected chi connectivity index (χ2v) is 5.08. The standard InChI is InChI=1S/C14H26N2O2/c1-5-9-11-12(17)15-14(7-3,8-4)13(18)16(11)10-6-2/h11H,5-10H2,1-4H3,(H,15,17). The molecule has 1 saturated heterocycles. The Bertz CT molecular complexity index is 311. The number of piperazine rings is 1. The number of rotatable bonds is 6. The molecule has 104 valence electrons. The minimum atomic E-state index is -0.670. The van der Waals surface area contributed by atoms with Crippen LogP contribution in [0.1, 0.15) is 59.8 Å². The van der Waals surface area contributed by atoms with Gasteiger partial charge in [0, 0.05) is 6.54 Å². The van der Waals surface area contributed by atoms with Crippen LogP contribution >= 0.6 is 0 Å². The number of carbonyl (C=O) groups excluding carboxylic acids is 2. The van der Waals surface area contributed by atoms with Crippen LogP contribution in [0.4, 0.5) is 0 Å². The second-order valence-electron chi connectivity index (χ2n) is 5.08. The molecule has 0 bridgehead atoms. The van der Waals surface area contributed by atoms with Gasteiger partial charge in [0.05, 0.1) is 0 Å². The van der Waals surface area contributed by atoms with Crippen molar-refractivity contribution in [1.82, 2.24) is 10.2 Å². The largest absolute Gasteiger partial charge is 0.340 e. The maximum absolute atomic E-state index is 12.6. The third kappa shape index (κ3) is 2.52. The van der Waals surface area contributed by atoms with Crippen molar-refractivity contribution in [2.24, 2.45) is 0 Å². The topological polar surface area (TPSA) is 49.4 Å². The van der Waals surface area contributed by atoms with Crippen molar-refractivity contribution in [3.8, 4) is 0 Å². The number of amides is 2. The summed E-state index contributed by atoms with van der Waals surface area (Å²) in [5.41, 5.74) is -0.670. The lowest BCUT2D eigenvalue weighted by atomic mass is 9.86. The molecule has 4 nitrogen and oxygen atoms in total. The highest BCUT2D eigenvalue weighted by atomic mass is 16.2. The predicted molar refractivity (Wildman–Crippen MR) is 72.2 cm³/mol. The second kappa shape index (κ2) is 6.21. The van der Waals surface area contributed by atoms with Gasteiger partial charge >= 0.3 is 0 Å². The number of hydrogen-bond acceptors (Lipinski definition) is 2. The van der Waals surface area contributed by atoms with Crippen LogP contribution in [-0.2, 0) is 9.59 Å². The normalized spacial score (nSPS) is 23.1. The van der Waals surface area contributed by atoms with Gasteiger partial charge in [0.15, 0.2) is 0 Å². The van der Waals surface area contributed by atoms with E-state index in [9.17, 15) is 9.59 Å². The van der Waals surface area contributed by atoms with Crippen LogP contribution in [0.3, 0.4) is 0 Å². The lowest BCUT2D eigenvalue weighted by Crippen LogP contribution is -2.70. The molecule has 0 aromatic rings. The summed E-state index contributed by atoms with van der Waals surface area (Å²) in [5, 5.41) is 2.97. The smallest absolute Gasteiger partial charge is 0.248 e. The summed E-state index contributed by atoms with van der Waals surface area (Å²) in [6, 6.07) is -0.270. The first-order chi connectivity index (χ1) is 8.56. The minimum absolute atomic E-state index is 0.0219. The Morgan fingerprint density at radius 1 is 1.11 bits per heavy atom. The molecule has 0 spiro atoms. The molecule has 2 amide bonds. The van der Waals surface area contributed by atoms with Gasteiger partial charge in [-0.05, 0) is 25.7 Å². The Kier molecular flexibility index (Phi) is 5.17. The Morgan fingerprint density at radius 2 is 1.72 bits per heavy atom. The van der Waals surface area contributed by atoms with Crippen LogP contribution in [0.25, 0.3) is 0 Å². The molecule has 1 aliphatic rings. The lowest BCUT2D eigenvalue weighted by Gasteiger charge is -2.45. The summed E-state index contributed by atoms with van der Waals surface area (Å²) in [5.74, 6) is 0.126. The SMILES string of the molecule is CCCC1C(=O)NC(CC)(CC)C(=O)N1CCC. The average Bonchev–Trinajstić information content (AvgIpc) is 2.38. The van der Waals surface area contributed by atoms with Gasteiger partial charge in [-0.2, -0.15) is 0 Å². The van der Waals surface area contributed by atoms with Crippen LogP contribution < -0.4 is 5.32 Å². The van der Waals surface area contributed by atoms with Crippen LogP contribution in [-0.4, -0.2) is 34.8 Å². The van der Waals surface area contributed by atoms with Crippen molar-refractivity contribution in [2.45, 2.75) is 71.4 Å². The van der Waals surface area contributed by atoms with E-state index in [0.29, 0.717) is 19.4 Å². The van der Waals surface area contributed by atoms with Gasteiger partial charge in [-0.3, -0.25) is 9.59 Å². The van der Waals surface area contributed by atoms with Crippen LogP contribution in [0.15, 0.2) is 0 Å². The Balaban J connectivity index is 3.03. The van der Waals surface area contributed by atoms with Crippen LogP contribution in [0.5, 0.6) is 0 Å². The summed E-state index contributed by atoms with van der Waals surface area (Å²) >= 11 is 0. The van der Waals surface area contributed by atoms with Crippen molar-refractivity contribution < 1.29 is 9.59 Å². The molecule has 4 heteroatoms. The Morgan fingerprint density at radius 3 is 2.17 bits per heavy atom. The van der Waals surface area contributed by atoms with E-state index in [0.717, 1.165) is 19.3 Å². The van der Waals surface area contributed by atoms with Gasteiger partial charge in [0.25, 0.3) is 0 Å². The zero-order valence-electron chi connectivity index (χ0n) is 12.1. The van der Waals surface area contributed by atoms with Gasteiger partial charge in [0.2, 0.25) is 11.8 Å². The van der Waals surface area contributed by atoms with Gasteiger partial charge in [-0.15, -0.1) is 0 Å². The maximum Gasteiger partial charge on any atom is 0.248 e. The highest BCUT2D eigenvalue weighted by Crippen LogP contribution is 2.26. The molecule has 1 atom stereocenters. The molecular formula is C14H26N2O2. The molecule has 0 aliphatic carbocycles. The molecule has 18 heavy (non-hydrogen) atoms. The molecule has 1 N–H and O–H groups in total. The Labute approximate surface area is 110 Å². The quantitative estimate of drug-likeness (QED) is 0.789. The number of hydrogen-bond donors (Lipinski definition) is 1. The minimum Gasteiger partial charge on any atom is -0.340 e. The van der Waals surface area contributed by atoms with E-state index in [2.05, 4.69) is 5.32 Å². The molecule has 0 saturated carbocycles. The van der Waals surface area contributed by atoms with Crippen molar-refractivity contribution in [1.29, 1.82) is 0 Å². The zero-order valence-corrected chi connectivity index (χ0v) is 12.1. The van der Waals surface area contributed by atoms with Crippen molar-refractivity contribution >= 4 is 11.8 Å². The molecule has 1 unspecified atom stereocenters. The summed E-state index contributed by atoms with van der Waals surface area (Å²) < 4.78 is 0. The number of nitrogens with one attached hydrogen (secondary N) is 1. The van der Waals surface area contributed by atoms with Crippen molar-refractivity contribution in [3.63, 3.8) is 0 Å². The fourth-order valence-corrected chi connectivity index (χ4v) is 2.72. The van der Waals surface area contributed by atoms with E-state index < -0.39 is 5.54 Å². The molecular weight excluding hydrogens is 228 g/mol. The van der Waals surface area contributed by atoms with E-state index >= 15 is 0 Å². The van der Waals surface area contributed by atoms with Gasteiger partial charge < -0.3 is 10.2 Å². The summed E-state index contributed by atoms with van der Waals surface area (Å²) in [4.78, 5) is 26.7. The highest BCUT2D eigenvalue weighted by Gasteiger charge is 2.47. The van der Waals surface area contributed by atoms with E-state index in [1.807, 2.05) is 27.7 Å². The predicted octanol–water partition coefficient (Wildman–Crippen LogP) is 2.08. The first-order valence-electron chi connectivity index (χ1n) is 7.19. The van der Waals surface area contributed by atoms with Gasteiger partial charge in [-0.25, -0.2) is 0 Å². The first-order valence-corrected chi connectivity index (χ1v) is 7.19. The first kappa shape index (κ1) is 15.0. The summed E-state index contributed by atoms with van der Waals surface area (Å²) in [6.07, 6.45) is 3.88. The van der Waals surface area contributed by atoms with Crippen LogP contribution in [0, 0.1) is 0 Å². The third-order valence-corrected chi connectivity index (χ3v) is 3.95. The summed E-state index contributed by atoms with van der Waals surface area (Å²) in [6.45, 7) is 8.70. The lowest BCUT2D eigenvalue weighted by molar-refractivity contribution is -0.155. The Hall–Kier alpha value is -1.06. The monoisotopic (exact) mass is 254 g/mol. The van der Waals surface area contributed by atoms with E-state index in [1.54, 1.807) is 4.90 Å². The fourth-order valence-electron chi connectivity index (χ4n) is 2.72. The van der Waals surface area contributed by atoms with E-state index in [-0.39, 0.29) is 17.9 Å². The molecule has 0 aromatic heterocycles. The number of nitrogens with zero attached hydrogens (tertiary/aromatic N) is 1. The molecule has 1 fully saturated rings. The van der Waals surface area contributed by atoms with E-state index in [4.69, 9.17) is 0 Å². The molecule has 1 rings (SSSR count). The molecule has 0 aromatic carbocycles. The van der Waals surface area contributed by atoms with Crippen molar-refractivity contribution in [2.75, 3.05) is 6.54 Å². The highest BCUT2D eigenvalue weighted by molar-refractivity contribution is 5.99. The molecule has 1 aliphatic heterocycles. The van der Waals surface area contributed by atoms with Gasteiger partial charge in [0.1, 0.15) is 11.6 Å². The molecule has 1 heterocycles. The van der Waals surface area contributed by atoms with Gasteiger partial charge in [-0.1, -0.05) is 34.1 Å². The number of carbonyl (C=O) groups is 2. The summed E-state index contributed by atoms with van der Waals surface area (Å²) in [7, 11) is 0. The maximum atomic E-state index is 12.6. The molecule has 0 radical (unpaired) electrons. The zero-order chi connectivity index (χ0) is 13.8. The van der Waals surface area contributed by atoms with E-state index in [1.165, 1.54) is 0 Å². The fraction of sp³-hybridized carbons (Fsp3) is 0.857. The van der Waals surface area contributed by atoms with Crippen molar-refractivity contribution in [3.05, 3.63) is 0 Å². The average molecular weight is 254 g/mol.